The highest BCUT2D eigenvalue weighted by Gasteiger charge is 2.15. The molecule has 0 radical (unpaired) electrons. The average Bonchev–Trinajstić information content (AvgIpc) is 2.94. The van der Waals surface area contributed by atoms with E-state index in [9.17, 15) is 9.18 Å². The molecule has 0 unspecified atom stereocenters. The van der Waals surface area contributed by atoms with Crippen molar-refractivity contribution in [3.63, 3.8) is 0 Å². The van der Waals surface area contributed by atoms with Gasteiger partial charge in [-0.05, 0) is 30.2 Å². The van der Waals surface area contributed by atoms with Crippen LogP contribution >= 0.6 is 0 Å². The van der Waals surface area contributed by atoms with Gasteiger partial charge in [0.2, 0.25) is 0 Å². The molecule has 0 aliphatic heterocycles. The first kappa shape index (κ1) is 14.9. The van der Waals surface area contributed by atoms with E-state index in [1.54, 1.807) is 19.1 Å². The van der Waals surface area contributed by atoms with Crippen LogP contribution in [0.15, 0.2) is 48.7 Å². The minimum Gasteiger partial charge on any atom is -0.480 e. The van der Waals surface area contributed by atoms with E-state index in [1.165, 1.54) is 4.68 Å². The Balaban J connectivity index is 2.10. The van der Waals surface area contributed by atoms with E-state index >= 15 is 0 Å². The minimum absolute atomic E-state index is 0.260. The Morgan fingerprint density at radius 1 is 1.22 bits per heavy atom. The lowest BCUT2D eigenvalue weighted by Crippen LogP contribution is -2.11. The molecule has 2 heterocycles. The first-order valence-corrected chi connectivity index (χ1v) is 7.02. The molecule has 1 aromatic carbocycles. The Morgan fingerprint density at radius 2 is 1.96 bits per heavy atom. The molecule has 23 heavy (non-hydrogen) atoms. The maximum absolute atomic E-state index is 13.4. The topological polar surface area (TPSA) is 68.0 Å². The fourth-order valence-corrected chi connectivity index (χ4v) is 2.31. The van der Waals surface area contributed by atoms with Gasteiger partial charge in [-0.2, -0.15) is 5.10 Å². The van der Waals surface area contributed by atoms with Gasteiger partial charge in [-0.15, -0.1) is 0 Å². The van der Waals surface area contributed by atoms with Crippen molar-refractivity contribution in [3.8, 4) is 22.6 Å². The lowest BCUT2D eigenvalue weighted by Gasteiger charge is -2.04. The van der Waals surface area contributed by atoms with Crippen LogP contribution in [0.5, 0.6) is 0 Å². The van der Waals surface area contributed by atoms with Gasteiger partial charge in [0.1, 0.15) is 18.1 Å². The molecule has 3 rings (SSSR count). The zero-order valence-electron chi connectivity index (χ0n) is 12.4. The average molecular weight is 311 g/mol. The summed E-state index contributed by atoms with van der Waals surface area (Å²) in [5, 5.41) is 13.4. The van der Waals surface area contributed by atoms with Crippen LogP contribution in [0.4, 0.5) is 4.39 Å². The second kappa shape index (κ2) is 6.00. The van der Waals surface area contributed by atoms with Gasteiger partial charge in [0.25, 0.3) is 0 Å². The van der Waals surface area contributed by atoms with Crippen molar-refractivity contribution in [1.29, 1.82) is 0 Å². The molecule has 0 saturated heterocycles. The Morgan fingerprint density at radius 3 is 2.61 bits per heavy atom. The second-order valence-electron chi connectivity index (χ2n) is 5.15. The van der Waals surface area contributed by atoms with Crippen molar-refractivity contribution in [2.24, 2.45) is 0 Å². The van der Waals surface area contributed by atoms with Crippen molar-refractivity contribution < 1.29 is 14.3 Å². The number of hydrogen-bond donors (Lipinski definition) is 1. The highest BCUT2D eigenvalue weighted by molar-refractivity contribution is 5.71. The summed E-state index contributed by atoms with van der Waals surface area (Å²) in [6.45, 7) is 1.39. The van der Waals surface area contributed by atoms with Crippen LogP contribution in [0.25, 0.3) is 22.6 Å². The number of hydrogen-bond acceptors (Lipinski definition) is 3. The zero-order chi connectivity index (χ0) is 16.4. The fourth-order valence-electron chi connectivity index (χ4n) is 2.31. The summed E-state index contributed by atoms with van der Waals surface area (Å²) in [5.74, 6) is -1.37. The van der Waals surface area contributed by atoms with Crippen molar-refractivity contribution in [3.05, 3.63) is 60.0 Å². The van der Waals surface area contributed by atoms with E-state index in [-0.39, 0.29) is 12.4 Å². The van der Waals surface area contributed by atoms with Crippen LogP contribution in [-0.4, -0.2) is 25.8 Å². The van der Waals surface area contributed by atoms with E-state index in [2.05, 4.69) is 10.1 Å². The van der Waals surface area contributed by atoms with E-state index < -0.39 is 5.97 Å². The van der Waals surface area contributed by atoms with Gasteiger partial charge in [-0.25, -0.2) is 4.39 Å². The van der Waals surface area contributed by atoms with Crippen molar-refractivity contribution in [2.45, 2.75) is 13.5 Å². The van der Waals surface area contributed by atoms with E-state index in [1.807, 2.05) is 30.3 Å². The number of halogens is 1. The summed E-state index contributed by atoms with van der Waals surface area (Å²) < 4.78 is 14.8. The van der Waals surface area contributed by atoms with Gasteiger partial charge in [0.15, 0.2) is 0 Å². The zero-order valence-corrected chi connectivity index (χ0v) is 12.4. The standard InChI is InChI=1S/C17H14FN3O2/c1-11-7-14(19-9-13(11)18)15-8-16(12-5-3-2-4-6-12)21(20-15)10-17(22)23/h2-9H,10H2,1H3,(H,22,23). The normalized spacial score (nSPS) is 10.7. The highest BCUT2D eigenvalue weighted by atomic mass is 19.1. The number of rotatable bonds is 4. The van der Waals surface area contributed by atoms with Crippen molar-refractivity contribution >= 4 is 5.97 Å². The number of aliphatic carboxylic acids is 1. The summed E-state index contributed by atoms with van der Waals surface area (Å²) in [6, 6.07) is 12.7. The Labute approximate surface area is 132 Å². The molecule has 116 valence electrons. The number of aryl methyl sites for hydroxylation is 1. The largest absolute Gasteiger partial charge is 0.480 e. The molecule has 0 fully saturated rings. The Bertz CT molecular complexity index is 860. The molecule has 5 nitrogen and oxygen atoms in total. The highest BCUT2D eigenvalue weighted by Crippen LogP contribution is 2.26. The Kier molecular flexibility index (Phi) is 3.89. The predicted octanol–water partition coefficient (Wildman–Crippen LogP) is 3.14. The number of carbonyl (C=O) groups is 1. The van der Waals surface area contributed by atoms with Gasteiger partial charge in [0.05, 0.1) is 17.6 Å². The molecule has 0 aliphatic carbocycles. The molecule has 2 aromatic heterocycles. The van der Waals surface area contributed by atoms with E-state index in [4.69, 9.17) is 5.11 Å². The van der Waals surface area contributed by atoms with Crippen LogP contribution in [-0.2, 0) is 11.3 Å². The lowest BCUT2D eigenvalue weighted by atomic mass is 10.1. The molecular formula is C17H14FN3O2. The maximum Gasteiger partial charge on any atom is 0.325 e. The third-order valence-corrected chi connectivity index (χ3v) is 3.44. The molecule has 0 spiro atoms. The molecule has 1 N–H and O–H groups in total. The monoisotopic (exact) mass is 311 g/mol. The number of pyridine rings is 1. The smallest absolute Gasteiger partial charge is 0.325 e. The predicted molar refractivity (Wildman–Crippen MR) is 83.2 cm³/mol. The van der Waals surface area contributed by atoms with E-state index in [0.29, 0.717) is 22.6 Å². The molecule has 0 aliphatic rings. The Hall–Kier alpha value is -3.02. The van der Waals surface area contributed by atoms with Crippen LogP contribution in [0, 0.1) is 12.7 Å². The first-order valence-electron chi connectivity index (χ1n) is 7.02. The van der Waals surface area contributed by atoms with Crippen LogP contribution in [0.1, 0.15) is 5.56 Å². The van der Waals surface area contributed by atoms with Crippen LogP contribution < -0.4 is 0 Å². The number of carboxylic acid groups (broad SMARTS) is 1. The van der Waals surface area contributed by atoms with E-state index in [0.717, 1.165) is 11.8 Å². The summed E-state index contributed by atoms with van der Waals surface area (Å²) in [7, 11) is 0. The molecule has 0 bridgehead atoms. The molecule has 0 amide bonds. The minimum atomic E-state index is -0.986. The van der Waals surface area contributed by atoms with Crippen LogP contribution in [0.2, 0.25) is 0 Å². The fraction of sp³-hybridized carbons (Fsp3) is 0.118. The van der Waals surface area contributed by atoms with Gasteiger partial charge in [-0.1, -0.05) is 30.3 Å². The van der Waals surface area contributed by atoms with Crippen molar-refractivity contribution in [1.82, 2.24) is 14.8 Å². The van der Waals surface area contributed by atoms with Gasteiger partial charge in [-0.3, -0.25) is 14.5 Å². The second-order valence-corrected chi connectivity index (χ2v) is 5.15. The maximum atomic E-state index is 13.4. The summed E-state index contributed by atoms with van der Waals surface area (Å²) in [6.07, 6.45) is 1.14. The quantitative estimate of drug-likeness (QED) is 0.803. The first-order chi connectivity index (χ1) is 11.0. The van der Waals surface area contributed by atoms with Gasteiger partial charge in [0, 0.05) is 0 Å². The molecule has 0 atom stereocenters. The summed E-state index contributed by atoms with van der Waals surface area (Å²) in [4.78, 5) is 15.1. The number of carboxylic acids is 1. The molecule has 6 heteroatoms. The number of aromatic nitrogens is 3. The molecule has 3 aromatic rings. The molecule has 0 saturated carbocycles. The van der Waals surface area contributed by atoms with Crippen LogP contribution in [0.3, 0.4) is 0 Å². The summed E-state index contributed by atoms with van der Waals surface area (Å²) in [5.41, 5.74) is 3.00. The number of nitrogens with zero attached hydrogens (tertiary/aromatic N) is 3. The summed E-state index contributed by atoms with van der Waals surface area (Å²) >= 11 is 0. The SMILES string of the molecule is Cc1cc(-c2cc(-c3ccccc3)n(CC(=O)O)n2)ncc1F. The number of benzene rings is 1. The van der Waals surface area contributed by atoms with Gasteiger partial charge >= 0.3 is 5.97 Å². The third-order valence-electron chi connectivity index (χ3n) is 3.44. The van der Waals surface area contributed by atoms with Gasteiger partial charge < -0.3 is 5.11 Å². The molecular weight excluding hydrogens is 297 g/mol. The lowest BCUT2D eigenvalue weighted by molar-refractivity contribution is -0.137. The third kappa shape index (κ3) is 3.11. The van der Waals surface area contributed by atoms with Crippen molar-refractivity contribution in [2.75, 3.05) is 0 Å².